The zero-order chi connectivity index (χ0) is 11.0. The zero-order valence-corrected chi connectivity index (χ0v) is 9.38. The van der Waals surface area contributed by atoms with E-state index in [1.165, 1.54) is 7.11 Å². The van der Waals surface area contributed by atoms with Crippen molar-refractivity contribution in [3.05, 3.63) is 0 Å². The molecule has 0 saturated carbocycles. The van der Waals surface area contributed by atoms with Gasteiger partial charge in [0, 0.05) is 0 Å². The number of methoxy groups -OCH3 is 1. The summed E-state index contributed by atoms with van der Waals surface area (Å²) in [6.45, 7) is 5.50. The van der Waals surface area contributed by atoms with Crippen molar-refractivity contribution >= 4 is 5.97 Å². The van der Waals surface area contributed by atoms with Crippen molar-refractivity contribution in [1.29, 1.82) is 0 Å². The molecule has 0 aromatic carbocycles. The molecule has 14 heavy (non-hydrogen) atoms. The Morgan fingerprint density at radius 2 is 2.21 bits per heavy atom. The van der Waals surface area contributed by atoms with Crippen LogP contribution in [0.4, 0.5) is 0 Å². The fourth-order valence-electron chi connectivity index (χ4n) is 1.24. The molecule has 0 heterocycles. The minimum Gasteiger partial charge on any atom is -0.468 e. The summed E-state index contributed by atoms with van der Waals surface area (Å²) in [6, 6.07) is -0.198. The molecule has 0 amide bonds. The standard InChI is InChI=1S/C10H22N2O2/c1-4-8(2)9(10(13)14-3)12-7-5-6-11/h8-9,12H,4-7,11H2,1-3H3. The molecule has 0 radical (unpaired) electrons. The van der Waals surface area contributed by atoms with Gasteiger partial charge in [0.05, 0.1) is 7.11 Å². The van der Waals surface area contributed by atoms with Crippen molar-refractivity contribution < 1.29 is 9.53 Å². The van der Waals surface area contributed by atoms with Gasteiger partial charge in [0.15, 0.2) is 0 Å². The number of nitrogens with two attached hydrogens (primary N) is 1. The van der Waals surface area contributed by atoms with Crippen LogP contribution in [0.3, 0.4) is 0 Å². The number of nitrogens with one attached hydrogen (secondary N) is 1. The molecule has 0 bridgehead atoms. The van der Waals surface area contributed by atoms with Crippen LogP contribution in [0, 0.1) is 5.92 Å². The van der Waals surface area contributed by atoms with Crippen LogP contribution < -0.4 is 11.1 Å². The Morgan fingerprint density at radius 1 is 1.57 bits per heavy atom. The molecular weight excluding hydrogens is 180 g/mol. The first-order valence-corrected chi connectivity index (χ1v) is 5.18. The Kier molecular flexibility index (Phi) is 7.42. The highest BCUT2D eigenvalue weighted by Crippen LogP contribution is 2.08. The number of ether oxygens (including phenoxy) is 1. The van der Waals surface area contributed by atoms with Gasteiger partial charge in [0.25, 0.3) is 0 Å². The van der Waals surface area contributed by atoms with Crippen LogP contribution in [-0.4, -0.2) is 32.2 Å². The van der Waals surface area contributed by atoms with Crippen LogP contribution in [0.25, 0.3) is 0 Å². The van der Waals surface area contributed by atoms with Crippen LogP contribution in [0.15, 0.2) is 0 Å². The lowest BCUT2D eigenvalue weighted by molar-refractivity contribution is -0.144. The highest BCUT2D eigenvalue weighted by Gasteiger charge is 2.23. The molecule has 4 heteroatoms. The molecule has 4 nitrogen and oxygen atoms in total. The maximum atomic E-state index is 11.4. The molecule has 0 fully saturated rings. The lowest BCUT2D eigenvalue weighted by Crippen LogP contribution is -2.43. The first kappa shape index (κ1) is 13.4. The molecule has 0 aliphatic rings. The fourth-order valence-corrected chi connectivity index (χ4v) is 1.24. The minimum absolute atomic E-state index is 0.184. The number of carbonyl (C=O) groups is 1. The van der Waals surface area contributed by atoms with Gasteiger partial charge in [-0.2, -0.15) is 0 Å². The molecule has 0 aromatic heterocycles. The van der Waals surface area contributed by atoms with Crippen molar-refractivity contribution in [2.45, 2.75) is 32.7 Å². The number of carbonyl (C=O) groups excluding carboxylic acids is 1. The molecule has 0 aliphatic heterocycles. The van der Waals surface area contributed by atoms with Crippen molar-refractivity contribution in [3.63, 3.8) is 0 Å². The number of hydrogen-bond donors (Lipinski definition) is 2. The Bertz CT molecular complexity index is 162. The van der Waals surface area contributed by atoms with E-state index in [2.05, 4.69) is 12.2 Å². The van der Waals surface area contributed by atoms with Gasteiger partial charge in [-0.05, 0) is 25.4 Å². The van der Waals surface area contributed by atoms with Gasteiger partial charge in [0.2, 0.25) is 0 Å². The Labute approximate surface area is 86.2 Å². The molecular formula is C10H22N2O2. The molecule has 0 saturated heterocycles. The zero-order valence-electron chi connectivity index (χ0n) is 9.38. The SMILES string of the molecule is CCC(C)C(NCCCN)C(=O)OC. The predicted molar refractivity (Wildman–Crippen MR) is 56.9 cm³/mol. The predicted octanol–water partition coefficient (Wildman–Crippen LogP) is 0.513. The Balaban J connectivity index is 4.04. The molecule has 0 aliphatic carbocycles. The largest absolute Gasteiger partial charge is 0.468 e. The van der Waals surface area contributed by atoms with Gasteiger partial charge in [0.1, 0.15) is 6.04 Å². The average molecular weight is 202 g/mol. The third-order valence-corrected chi connectivity index (χ3v) is 2.41. The third kappa shape index (κ3) is 4.58. The second kappa shape index (κ2) is 7.76. The Morgan fingerprint density at radius 3 is 2.64 bits per heavy atom. The van der Waals surface area contributed by atoms with Crippen molar-refractivity contribution in [3.8, 4) is 0 Å². The number of esters is 1. The molecule has 0 spiro atoms. The number of hydrogen-bond acceptors (Lipinski definition) is 4. The summed E-state index contributed by atoms with van der Waals surface area (Å²) in [5, 5.41) is 3.17. The van der Waals surface area contributed by atoms with Crippen molar-refractivity contribution in [2.24, 2.45) is 11.7 Å². The summed E-state index contributed by atoms with van der Waals surface area (Å²) in [4.78, 5) is 11.4. The smallest absolute Gasteiger partial charge is 0.323 e. The van der Waals surface area contributed by atoms with Gasteiger partial charge in [-0.3, -0.25) is 4.79 Å². The first-order chi connectivity index (χ1) is 6.67. The van der Waals surface area contributed by atoms with E-state index in [1.807, 2.05) is 6.92 Å². The molecule has 84 valence electrons. The maximum Gasteiger partial charge on any atom is 0.323 e. The molecule has 3 N–H and O–H groups in total. The topological polar surface area (TPSA) is 64.3 Å². The van der Waals surface area contributed by atoms with E-state index in [-0.39, 0.29) is 12.0 Å². The summed E-state index contributed by atoms with van der Waals surface area (Å²) in [5.74, 6) is 0.108. The van der Waals surface area contributed by atoms with E-state index in [1.54, 1.807) is 0 Å². The monoisotopic (exact) mass is 202 g/mol. The lowest BCUT2D eigenvalue weighted by Gasteiger charge is -2.21. The van der Waals surface area contributed by atoms with Crippen LogP contribution in [0.2, 0.25) is 0 Å². The third-order valence-electron chi connectivity index (χ3n) is 2.41. The maximum absolute atomic E-state index is 11.4. The second-order valence-corrected chi connectivity index (χ2v) is 3.48. The van der Waals surface area contributed by atoms with Crippen LogP contribution in [-0.2, 0) is 9.53 Å². The van der Waals surface area contributed by atoms with E-state index in [0.717, 1.165) is 19.4 Å². The lowest BCUT2D eigenvalue weighted by atomic mass is 9.99. The summed E-state index contributed by atoms with van der Waals surface area (Å²) >= 11 is 0. The van der Waals surface area contributed by atoms with Crippen molar-refractivity contribution in [2.75, 3.05) is 20.2 Å². The molecule has 2 atom stereocenters. The fraction of sp³-hybridized carbons (Fsp3) is 0.900. The van der Waals surface area contributed by atoms with Crippen LogP contribution >= 0.6 is 0 Å². The van der Waals surface area contributed by atoms with E-state index in [4.69, 9.17) is 10.5 Å². The number of rotatable bonds is 7. The summed E-state index contributed by atoms with van der Waals surface area (Å²) in [7, 11) is 1.42. The van der Waals surface area contributed by atoms with Crippen molar-refractivity contribution in [1.82, 2.24) is 5.32 Å². The second-order valence-electron chi connectivity index (χ2n) is 3.48. The average Bonchev–Trinajstić information content (AvgIpc) is 2.22. The van der Waals surface area contributed by atoms with E-state index < -0.39 is 0 Å². The first-order valence-electron chi connectivity index (χ1n) is 5.18. The van der Waals surface area contributed by atoms with Crippen LogP contribution in [0.1, 0.15) is 26.7 Å². The van der Waals surface area contributed by atoms with E-state index >= 15 is 0 Å². The van der Waals surface area contributed by atoms with Gasteiger partial charge >= 0.3 is 5.97 Å². The minimum atomic E-state index is -0.198. The Hall–Kier alpha value is -0.610. The normalized spacial score (nSPS) is 14.9. The molecule has 0 aromatic rings. The van der Waals surface area contributed by atoms with Gasteiger partial charge in [-0.15, -0.1) is 0 Å². The highest BCUT2D eigenvalue weighted by atomic mass is 16.5. The summed E-state index contributed by atoms with van der Waals surface area (Å²) in [6.07, 6.45) is 1.83. The van der Waals surface area contributed by atoms with E-state index in [0.29, 0.717) is 12.5 Å². The molecule has 2 unspecified atom stereocenters. The van der Waals surface area contributed by atoms with Crippen LogP contribution in [0.5, 0.6) is 0 Å². The van der Waals surface area contributed by atoms with E-state index in [9.17, 15) is 4.79 Å². The molecule has 0 rings (SSSR count). The van der Waals surface area contributed by atoms with Gasteiger partial charge in [-0.1, -0.05) is 20.3 Å². The summed E-state index contributed by atoms with van der Waals surface area (Å²) in [5.41, 5.74) is 5.38. The summed E-state index contributed by atoms with van der Waals surface area (Å²) < 4.78 is 4.73. The highest BCUT2D eigenvalue weighted by molar-refractivity contribution is 5.75. The quantitative estimate of drug-likeness (QED) is 0.466. The van der Waals surface area contributed by atoms with Gasteiger partial charge < -0.3 is 15.8 Å². The van der Waals surface area contributed by atoms with Gasteiger partial charge in [-0.25, -0.2) is 0 Å².